The minimum absolute atomic E-state index is 0.142. The van der Waals surface area contributed by atoms with Crippen molar-refractivity contribution in [2.24, 2.45) is 0 Å². The molecule has 0 atom stereocenters. The highest BCUT2D eigenvalue weighted by Crippen LogP contribution is 2.32. The molecular weight excluding hydrogens is 332 g/mol. The quantitative estimate of drug-likeness (QED) is 0.717. The number of benzene rings is 1. The highest BCUT2D eigenvalue weighted by Gasteiger charge is 2.20. The Morgan fingerprint density at radius 2 is 1.95 bits per heavy atom. The van der Waals surface area contributed by atoms with Crippen molar-refractivity contribution in [1.29, 1.82) is 0 Å². The van der Waals surface area contributed by atoms with E-state index in [1.54, 1.807) is 6.20 Å². The predicted molar refractivity (Wildman–Crippen MR) is 72.6 cm³/mol. The number of halogens is 3. The highest BCUT2D eigenvalue weighted by molar-refractivity contribution is 9.10. The van der Waals surface area contributed by atoms with Crippen LogP contribution in [0.15, 0.2) is 35.2 Å². The van der Waals surface area contributed by atoms with Crippen LogP contribution in [-0.4, -0.2) is 21.5 Å². The number of nitrogens with zero attached hydrogens (tertiary/aromatic N) is 3. The predicted octanol–water partition coefficient (Wildman–Crippen LogP) is 3.45. The van der Waals surface area contributed by atoms with Crippen molar-refractivity contribution in [3.63, 3.8) is 0 Å². The van der Waals surface area contributed by atoms with E-state index in [0.29, 0.717) is 16.0 Å². The molecule has 3 rings (SSSR count). The number of aromatic nitrogens is 3. The third kappa shape index (κ3) is 1.85. The summed E-state index contributed by atoms with van der Waals surface area (Å²) in [5, 5.41) is 0. The number of ether oxygens (including phenoxy) is 1. The molecule has 20 heavy (non-hydrogen) atoms. The van der Waals surface area contributed by atoms with Crippen LogP contribution in [0.5, 0.6) is 5.88 Å². The summed E-state index contributed by atoms with van der Waals surface area (Å²) >= 11 is 3.26. The number of hydrogen-bond acceptors (Lipinski definition) is 3. The maximum Gasteiger partial charge on any atom is 0.240 e. The minimum Gasteiger partial charge on any atom is -0.479 e. The Balaban J connectivity index is 2.39. The molecule has 0 aliphatic carbocycles. The Bertz CT molecular complexity index is 783. The minimum atomic E-state index is -0.680. The monoisotopic (exact) mass is 339 g/mol. The molecule has 102 valence electrons. The summed E-state index contributed by atoms with van der Waals surface area (Å²) in [6.45, 7) is 0. The second-order valence-corrected chi connectivity index (χ2v) is 4.73. The van der Waals surface area contributed by atoms with Gasteiger partial charge in [-0.25, -0.2) is 18.7 Å². The van der Waals surface area contributed by atoms with Crippen LogP contribution in [0.4, 0.5) is 8.78 Å². The van der Waals surface area contributed by atoms with Gasteiger partial charge in [0, 0.05) is 12.4 Å². The number of fused-ring (bicyclic) bond motifs is 1. The standard InChI is InChI=1S/C13H8BrF2N3O/c1-20-13-10-11(14)18-12(19(10)6-5-17-13)9-7(15)3-2-4-8(9)16/h2-6H,1H3. The molecular formula is C13H8BrF2N3O. The van der Waals surface area contributed by atoms with Crippen LogP contribution in [-0.2, 0) is 0 Å². The van der Waals surface area contributed by atoms with Gasteiger partial charge in [-0.1, -0.05) is 6.07 Å². The lowest BCUT2D eigenvalue weighted by Crippen LogP contribution is -1.97. The zero-order valence-electron chi connectivity index (χ0n) is 10.3. The van der Waals surface area contributed by atoms with E-state index < -0.39 is 11.6 Å². The van der Waals surface area contributed by atoms with Gasteiger partial charge in [0.25, 0.3) is 0 Å². The third-order valence-corrected chi connectivity index (χ3v) is 3.41. The number of imidazole rings is 1. The van der Waals surface area contributed by atoms with Gasteiger partial charge in [-0.15, -0.1) is 0 Å². The topological polar surface area (TPSA) is 39.4 Å². The third-order valence-electron chi connectivity index (χ3n) is 2.86. The van der Waals surface area contributed by atoms with Gasteiger partial charge in [0.1, 0.15) is 21.8 Å². The molecule has 0 fully saturated rings. The zero-order valence-corrected chi connectivity index (χ0v) is 11.9. The Hall–Kier alpha value is -2.02. The summed E-state index contributed by atoms with van der Waals surface area (Å²) in [6, 6.07) is 3.68. The molecule has 4 nitrogen and oxygen atoms in total. The van der Waals surface area contributed by atoms with E-state index in [1.807, 2.05) is 0 Å². The molecule has 0 N–H and O–H groups in total. The van der Waals surface area contributed by atoms with Gasteiger partial charge in [-0.2, -0.15) is 0 Å². The number of rotatable bonds is 2. The molecule has 2 aromatic heterocycles. The fourth-order valence-electron chi connectivity index (χ4n) is 2.01. The Morgan fingerprint density at radius 1 is 1.25 bits per heavy atom. The Labute approximate surface area is 121 Å². The van der Waals surface area contributed by atoms with Crippen LogP contribution in [0.3, 0.4) is 0 Å². The first kappa shape index (κ1) is 13.0. The normalized spacial score (nSPS) is 11.0. The molecule has 0 amide bonds. The van der Waals surface area contributed by atoms with E-state index in [9.17, 15) is 8.78 Å². The smallest absolute Gasteiger partial charge is 0.240 e. The van der Waals surface area contributed by atoms with Crippen molar-refractivity contribution in [3.8, 4) is 17.3 Å². The van der Waals surface area contributed by atoms with Crippen molar-refractivity contribution in [2.75, 3.05) is 7.11 Å². The van der Waals surface area contributed by atoms with E-state index in [1.165, 1.54) is 35.9 Å². The molecule has 3 aromatic rings. The van der Waals surface area contributed by atoms with E-state index in [4.69, 9.17) is 4.74 Å². The molecule has 1 aromatic carbocycles. The number of hydrogen-bond donors (Lipinski definition) is 0. The second kappa shape index (κ2) is 4.82. The second-order valence-electron chi connectivity index (χ2n) is 3.98. The molecule has 0 aliphatic rings. The molecule has 0 bridgehead atoms. The van der Waals surface area contributed by atoms with Crippen LogP contribution in [0, 0.1) is 11.6 Å². The van der Waals surface area contributed by atoms with Gasteiger partial charge in [0.05, 0.1) is 12.7 Å². The fourth-order valence-corrected chi connectivity index (χ4v) is 2.54. The van der Waals surface area contributed by atoms with Crippen LogP contribution < -0.4 is 4.74 Å². The SMILES string of the molecule is COc1nccn2c(-c3c(F)cccc3F)nc(Br)c12. The Morgan fingerprint density at radius 3 is 2.60 bits per heavy atom. The lowest BCUT2D eigenvalue weighted by molar-refractivity contribution is 0.401. The zero-order chi connectivity index (χ0) is 14.3. The molecule has 0 aliphatic heterocycles. The first-order valence-corrected chi connectivity index (χ1v) is 6.43. The van der Waals surface area contributed by atoms with Gasteiger partial charge in [-0.3, -0.25) is 4.40 Å². The summed E-state index contributed by atoms with van der Waals surface area (Å²) in [5.74, 6) is -0.904. The number of methoxy groups -OCH3 is 1. The maximum atomic E-state index is 13.9. The van der Waals surface area contributed by atoms with Crippen LogP contribution >= 0.6 is 15.9 Å². The van der Waals surface area contributed by atoms with Gasteiger partial charge in [0.2, 0.25) is 5.88 Å². The van der Waals surface area contributed by atoms with Crippen LogP contribution in [0.2, 0.25) is 0 Å². The Kier molecular flexibility index (Phi) is 3.13. The van der Waals surface area contributed by atoms with Crippen molar-refractivity contribution in [2.45, 2.75) is 0 Å². The van der Waals surface area contributed by atoms with Crippen molar-refractivity contribution in [3.05, 3.63) is 46.8 Å². The molecule has 0 unspecified atom stereocenters. The van der Waals surface area contributed by atoms with E-state index in [-0.39, 0.29) is 11.4 Å². The van der Waals surface area contributed by atoms with E-state index in [0.717, 1.165) is 0 Å². The highest BCUT2D eigenvalue weighted by atomic mass is 79.9. The van der Waals surface area contributed by atoms with Gasteiger partial charge in [0.15, 0.2) is 5.82 Å². The van der Waals surface area contributed by atoms with Crippen LogP contribution in [0.25, 0.3) is 16.9 Å². The van der Waals surface area contributed by atoms with Crippen molar-refractivity contribution < 1.29 is 13.5 Å². The molecule has 0 saturated heterocycles. The lowest BCUT2D eigenvalue weighted by atomic mass is 10.2. The first-order valence-electron chi connectivity index (χ1n) is 5.64. The first-order chi connectivity index (χ1) is 9.63. The van der Waals surface area contributed by atoms with Crippen molar-refractivity contribution in [1.82, 2.24) is 14.4 Å². The average Bonchev–Trinajstić information content (AvgIpc) is 2.76. The molecule has 0 saturated carbocycles. The van der Waals surface area contributed by atoms with E-state index >= 15 is 0 Å². The van der Waals surface area contributed by atoms with Crippen LogP contribution in [0.1, 0.15) is 0 Å². The van der Waals surface area contributed by atoms with Gasteiger partial charge in [-0.05, 0) is 28.1 Å². The summed E-state index contributed by atoms with van der Waals surface area (Å²) in [4.78, 5) is 8.21. The average molecular weight is 340 g/mol. The van der Waals surface area contributed by atoms with E-state index in [2.05, 4.69) is 25.9 Å². The molecule has 7 heteroatoms. The summed E-state index contributed by atoms with van der Waals surface area (Å²) < 4.78 is 34.9. The largest absolute Gasteiger partial charge is 0.479 e. The summed E-state index contributed by atoms with van der Waals surface area (Å²) in [7, 11) is 1.46. The molecule has 0 radical (unpaired) electrons. The molecule has 0 spiro atoms. The lowest BCUT2D eigenvalue weighted by Gasteiger charge is -2.05. The fraction of sp³-hybridized carbons (Fsp3) is 0.0769. The summed E-state index contributed by atoms with van der Waals surface area (Å²) in [6.07, 6.45) is 3.04. The maximum absolute atomic E-state index is 13.9. The molecule has 2 heterocycles. The van der Waals surface area contributed by atoms with Gasteiger partial charge < -0.3 is 4.74 Å². The van der Waals surface area contributed by atoms with Gasteiger partial charge >= 0.3 is 0 Å². The summed E-state index contributed by atoms with van der Waals surface area (Å²) in [5.41, 5.74) is 0.314. The van der Waals surface area contributed by atoms with Crippen molar-refractivity contribution >= 4 is 21.4 Å².